The van der Waals surface area contributed by atoms with Gasteiger partial charge < -0.3 is 15.3 Å². The van der Waals surface area contributed by atoms with Crippen molar-refractivity contribution in [2.24, 2.45) is 11.4 Å². The minimum Gasteiger partial charge on any atom is -0.845 e. The second-order valence-electron chi connectivity index (χ2n) is 9.61. The third-order valence-corrected chi connectivity index (χ3v) is 8.39. The summed E-state index contributed by atoms with van der Waals surface area (Å²) in [7, 11) is -1.05. The predicted octanol–water partition coefficient (Wildman–Crippen LogP) is 1.32. The molecule has 184 valence electrons. The van der Waals surface area contributed by atoms with Crippen molar-refractivity contribution in [2.45, 2.75) is 57.2 Å². The van der Waals surface area contributed by atoms with Gasteiger partial charge in [-0.05, 0) is 67.8 Å². The molecule has 34 heavy (non-hydrogen) atoms. The summed E-state index contributed by atoms with van der Waals surface area (Å²) >= 11 is 0. The van der Waals surface area contributed by atoms with Crippen LogP contribution in [0.4, 0.5) is 15.8 Å². The summed E-state index contributed by atoms with van der Waals surface area (Å²) in [5, 5.41) is 19.9. The first-order chi connectivity index (χ1) is 16.2. The van der Waals surface area contributed by atoms with E-state index in [0.717, 1.165) is 59.6 Å². The Morgan fingerprint density at radius 2 is 1.85 bits per heavy atom. The van der Waals surface area contributed by atoms with Crippen LogP contribution in [0.25, 0.3) is 0 Å². The Morgan fingerprint density at radius 3 is 2.44 bits per heavy atom. The first-order valence-corrected chi connectivity index (χ1v) is 13.2. The van der Waals surface area contributed by atoms with Crippen LogP contribution in [0.5, 0.6) is 0 Å². The van der Waals surface area contributed by atoms with Crippen LogP contribution in [-0.4, -0.2) is 61.5 Å². The Bertz CT molecular complexity index is 1190. The summed E-state index contributed by atoms with van der Waals surface area (Å²) in [4.78, 5) is 1.74. The molecule has 1 aliphatic heterocycles. The third-order valence-electron chi connectivity index (χ3n) is 6.99. The highest BCUT2D eigenvalue weighted by Crippen LogP contribution is 2.38. The van der Waals surface area contributed by atoms with Crippen molar-refractivity contribution in [3.63, 3.8) is 0 Å². The van der Waals surface area contributed by atoms with Crippen LogP contribution in [0.3, 0.4) is 0 Å². The second kappa shape index (κ2) is 8.84. The zero-order valence-corrected chi connectivity index (χ0v) is 20.3. The van der Waals surface area contributed by atoms with Gasteiger partial charge in [-0.15, -0.1) is 4.40 Å². The highest BCUT2D eigenvalue weighted by molar-refractivity contribution is 7.91. The average molecular weight is 490 g/mol. The maximum Gasteiger partial charge on any atom is 0.345 e. The van der Waals surface area contributed by atoms with Gasteiger partial charge in [0, 0.05) is 38.4 Å². The van der Waals surface area contributed by atoms with Crippen molar-refractivity contribution in [2.75, 3.05) is 29.8 Å². The SMILES string of the molecule is CN1CC(F)CC(N(c2cnn(C)c2)S(=O)(=O)/N=C(\[O-])Nc2c3c(cc4c2CCC4)CCC3)C1. The number of hydrogen-bond acceptors (Lipinski definition) is 5. The van der Waals surface area contributed by atoms with Gasteiger partial charge in [0.25, 0.3) is 0 Å². The first kappa shape index (κ1) is 23.1. The second-order valence-corrected chi connectivity index (χ2v) is 11.1. The summed E-state index contributed by atoms with van der Waals surface area (Å²) in [5.41, 5.74) is 5.65. The van der Waals surface area contributed by atoms with E-state index in [1.54, 1.807) is 19.0 Å². The number of fused-ring (bicyclic) bond motifs is 2. The molecule has 5 rings (SSSR count). The molecule has 11 heteroatoms. The van der Waals surface area contributed by atoms with E-state index < -0.39 is 28.4 Å². The molecule has 1 fully saturated rings. The zero-order chi connectivity index (χ0) is 24.0. The lowest BCUT2D eigenvalue weighted by molar-refractivity contribution is -0.213. The fourth-order valence-corrected chi connectivity index (χ4v) is 6.92. The molecule has 9 nitrogen and oxygen atoms in total. The summed E-state index contributed by atoms with van der Waals surface area (Å²) in [5.74, 6) is 0. The van der Waals surface area contributed by atoms with E-state index in [1.807, 2.05) is 0 Å². The van der Waals surface area contributed by atoms with Gasteiger partial charge >= 0.3 is 10.2 Å². The molecule has 1 aromatic heterocycles. The minimum atomic E-state index is -4.46. The molecule has 2 aliphatic carbocycles. The number of rotatable bonds is 5. The van der Waals surface area contributed by atoms with Crippen LogP contribution in [0, 0.1) is 0 Å². The number of hydrogen-bond donors (Lipinski definition) is 1. The largest absolute Gasteiger partial charge is 0.845 e. The highest BCUT2D eigenvalue weighted by atomic mass is 32.2. The lowest BCUT2D eigenvalue weighted by atomic mass is 9.99. The number of likely N-dealkylation sites (N-methyl/N-ethyl adjacent to an activating group) is 1. The lowest BCUT2D eigenvalue weighted by Crippen LogP contribution is -2.52. The van der Waals surface area contributed by atoms with Crippen LogP contribution in [-0.2, 0) is 42.9 Å². The minimum absolute atomic E-state index is 0.0231. The molecular formula is C23H30FN6O3S-. The number of nitrogens with zero attached hydrogens (tertiary/aromatic N) is 5. The maximum atomic E-state index is 14.4. The van der Waals surface area contributed by atoms with Crippen molar-refractivity contribution in [1.29, 1.82) is 0 Å². The fourth-order valence-electron chi connectivity index (χ4n) is 5.69. The van der Waals surface area contributed by atoms with E-state index in [4.69, 9.17) is 0 Å². The van der Waals surface area contributed by atoms with Gasteiger partial charge in [0.05, 0.1) is 23.9 Å². The Hall–Kier alpha value is -2.66. The summed E-state index contributed by atoms with van der Waals surface area (Å²) in [6, 6.07) is 0.611. The highest BCUT2D eigenvalue weighted by Gasteiger charge is 2.37. The molecule has 0 amide bonds. The molecule has 3 aliphatic rings. The number of anilines is 2. The van der Waals surface area contributed by atoms with Crippen LogP contribution in [0.1, 0.15) is 41.5 Å². The smallest absolute Gasteiger partial charge is 0.345 e. The predicted molar refractivity (Wildman–Crippen MR) is 127 cm³/mol. The van der Waals surface area contributed by atoms with Crippen molar-refractivity contribution in [3.8, 4) is 0 Å². The summed E-state index contributed by atoms with van der Waals surface area (Å²) in [6.07, 6.45) is 7.46. The van der Waals surface area contributed by atoms with Crippen molar-refractivity contribution in [1.82, 2.24) is 14.7 Å². The van der Waals surface area contributed by atoms with Gasteiger partial charge in [-0.2, -0.15) is 13.5 Å². The Kier molecular flexibility index (Phi) is 6.01. The van der Waals surface area contributed by atoms with Gasteiger partial charge in [0.2, 0.25) is 0 Å². The number of piperidine rings is 1. The van der Waals surface area contributed by atoms with Crippen molar-refractivity contribution >= 4 is 27.6 Å². The molecule has 1 saturated heterocycles. The maximum absolute atomic E-state index is 14.4. The molecule has 2 unspecified atom stereocenters. The van der Waals surface area contributed by atoms with E-state index in [9.17, 15) is 17.9 Å². The quantitative estimate of drug-likeness (QED) is 0.502. The van der Waals surface area contributed by atoms with Crippen LogP contribution in [0.15, 0.2) is 22.9 Å². The number of aromatic nitrogens is 2. The van der Waals surface area contributed by atoms with Crippen molar-refractivity contribution < 1.29 is 17.9 Å². The molecular weight excluding hydrogens is 459 g/mol. The van der Waals surface area contributed by atoms with E-state index in [1.165, 1.54) is 28.2 Å². The van der Waals surface area contributed by atoms with Gasteiger partial charge in [-0.3, -0.25) is 4.68 Å². The number of benzene rings is 1. The fraction of sp³-hybridized carbons (Fsp3) is 0.565. The Morgan fingerprint density at radius 1 is 1.18 bits per heavy atom. The van der Waals surface area contributed by atoms with E-state index in [2.05, 4.69) is 20.9 Å². The molecule has 1 aromatic carbocycles. The average Bonchev–Trinajstić information content (AvgIpc) is 3.47. The van der Waals surface area contributed by atoms with Crippen LogP contribution >= 0.6 is 0 Å². The third kappa shape index (κ3) is 4.38. The number of aryl methyl sites for hydroxylation is 3. The van der Waals surface area contributed by atoms with E-state index >= 15 is 0 Å². The molecule has 0 bridgehead atoms. The molecule has 1 N–H and O–H groups in total. The van der Waals surface area contributed by atoms with Gasteiger partial charge in [0.15, 0.2) is 0 Å². The first-order valence-electron chi connectivity index (χ1n) is 11.8. The van der Waals surface area contributed by atoms with E-state index in [0.29, 0.717) is 6.54 Å². The Balaban J connectivity index is 1.49. The molecule has 0 spiro atoms. The monoisotopic (exact) mass is 489 g/mol. The number of alkyl halides is 1. The molecule has 0 radical (unpaired) electrons. The van der Waals surface area contributed by atoms with Crippen molar-refractivity contribution in [3.05, 3.63) is 40.7 Å². The topological polar surface area (TPSA) is 106 Å². The number of nitrogens with one attached hydrogen (secondary N) is 1. The summed E-state index contributed by atoms with van der Waals surface area (Å²) in [6.45, 7) is 0.560. The van der Waals surface area contributed by atoms with E-state index in [-0.39, 0.29) is 18.7 Å². The zero-order valence-electron chi connectivity index (χ0n) is 19.5. The standard InChI is InChI=1S/C23H31FN6O3S/c1-28-12-17(24)10-18(13-28)30(19-11-25-29(2)14-19)34(32,33)27-23(31)26-22-20-7-3-5-15(20)9-16-6-4-8-21(16)22/h9,11,14,17-18H,3-8,10,12-13H2,1-2H3,(H2,26,27,31)/p-1. The van der Waals surface area contributed by atoms with Crippen LogP contribution in [0.2, 0.25) is 0 Å². The normalized spacial score (nSPS) is 23.1. The van der Waals surface area contributed by atoms with Gasteiger partial charge in [0.1, 0.15) is 6.17 Å². The van der Waals surface area contributed by atoms with Gasteiger partial charge in [-0.1, -0.05) is 6.07 Å². The molecule has 2 aromatic rings. The Labute approximate surface area is 199 Å². The molecule has 2 heterocycles. The molecule has 0 saturated carbocycles. The molecule has 2 atom stereocenters. The number of amidine groups is 1. The van der Waals surface area contributed by atoms with Crippen LogP contribution < -0.4 is 14.7 Å². The number of halogens is 1. The number of likely N-dealkylation sites (tertiary alicyclic amines) is 1. The lowest BCUT2D eigenvalue weighted by Gasteiger charge is -2.38. The van der Waals surface area contributed by atoms with Gasteiger partial charge in [-0.25, -0.2) is 8.70 Å². The summed E-state index contributed by atoms with van der Waals surface area (Å²) < 4.78 is 47.4.